The van der Waals surface area contributed by atoms with Crippen molar-refractivity contribution in [2.24, 2.45) is 0 Å². The van der Waals surface area contributed by atoms with Gasteiger partial charge >= 0.3 is 6.18 Å². The topological polar surface area (TPSA) is 81.9 Å². The summed E-state index contributed by atoms with van der Waals surface area (Å²) in [5.41, 5.74) is 0.909. The second-order valence-corrected chi connectivity index (χ2v) is 5.59. The molecule has 0 atom stereocenters. The van der Waals surface area contributed by atoms with Crippen LogP contribution >= 0.6 is 11.8 Å². The third-order valence-electron chi connectivity index (χ3n) is 2.81. The number of thioether (sulfide) groups is 1. The van der Waals surface area contributed by atoms with Crippen molar-refractivity contribution in [3.8, 4) is 5.75 Å². The molecule has 0 unspecified atom stereocenters. The maximum absolute atomic E-state index is 12.0. The number of amides is 1. The molecule has 0 saturated heterocycles. The van der Waals surface area contributed by atoms with E-state index in [9.17, 15) is 18.0 Å². The van der Waals surface area contributed by atoms with Crippen LogP contribution in [0.5, 0.6) is 5.75 Å². The molecule has 0 bridgehead atoms. The van der Waals surface area contributed by atoms with E-state index in [1.807, 2.05) is 12.1 Å². The van der Waals surface area contributed by atoms with E-state index in [2.05, 4.69) is 15.5 Å². The first-order valence-electron chi connectivity index (χ1n) is 6.73. The average Bonchev–Trinajstić information content (AvgIpc) is 2.98. The monoisotopic (exact) mass is 361 g/mol. The summed E-state index contributed by atoms with van der Waals surface area (Å²) in [5.74, 6) is -0.235. The lowest BCUT2D eigenvalue weighted by Gasteiger charge is -2.08. The summed E-state index contributed by atoms with van der Waals surface area (Å²) >= 11 is 0.962. The number of nitrogens with one attached hydrogen (secondary N) is 1. The number of alkyl halides is 3. The van der Waals surface area contributed by atoms with Gasteiger partial charge in [-0.3, -0.25) is 4.79 Å². The minimum absolute atomic E-state index is 0.209. The van der Waals surface area contributed by atoms with Gasteiger partial charge in [-0.1, -0.05) is 23.9 Å². The van der Waals surface area contributed by atoms with Crippen molar-refractivity contribution in [1.82, 2.24) is 25.5 Å². The number of ether oxygens (including phenoxy) is 1. The highest BCUT2D eigenvalue weighted by atomic mass is 32.2. The van der Waals surface area contributed by atoms with Gasteiger partial charge in [-0.25, -0.2) is 4.68 Å². The van der Waals surface area contributed by atoms with E-state index in [1.54, 1.807) is 24.6 Å². The van der Waals surface area contributed by atoms with Crippen molar-refractivity contribution in [2.75, 3.05) is 19.4 Å². The molecule has 0 aliphatic heterocycles. The number of carbonyl (C=O) groups excluding carboxylic acids is 1. The molecule has 0 aliphatic rings. The molecule has 0 fully saturated rings. The molecular formula is C13H14F3N5O2S. The van der Waals surface area contributed by atoms with Crippen LogP contribution in [0, 0.1) is 0 Å². The lowest BCUT2D eigenvalue weighted by atomic mass is 10.2. The summed E-state index contributed by atoms with van der Waals surface area (Å²) in [6.07, 6.45) is -4.43. The Kier molecular flexibility index (Phi) is 6.01. The first-order valence-corrected chi connectivity index (χ1v) is 7.71. The Morgan fingerprint density at radius 3 is 2.67 bits per heavy atom. The molecule has 1 aromatic carbocycles. The second kappa shape index (κ2) is 7.99. The summed E-state index contributed by atoms with van der Waals surface area (Å²) in [5, 5.41) is 13.2. The molecule has 0 radical (unpaired) electrons. The zero-order chi connectivity index (χ0) is 17.6. The molecule has 11 heteroatoms. The van der Waals surface area contributed by atoms with E-state index in [0.29, 0.717) is 17.5 Å². The van der Waals surface area contributed by atoms with Crippen molar-refractivity contribution in [3.63, 3.8) is 0 Å². The average molecular weight is 361 g/mol. The molecule has 130 valence electrons. The Morgan fingerprint density at radius 1 is 1.33 bits per heavy atom. The first kappa shape index (κ1) is 18.0. The predicted octanol–water partition coefficient (Wildman–Crippen LogP) is 1.50. The zero-order valence-electron chi connectivity index (χ0n) is 12.6. The van der Waals surface area contributed by atoms with Crippen LogP contribution < -0.4 is 10.1 Å². The third kappa shape index (κ3) is 5.72. The van der Waals surface area contributed by atoms with Gasteiger partial charge in [-0.15, -0.1) is 5.10 Å². The fourth-order valence-electron chi connectivity index (χ4n) is 1.68. The zero-order valence-corrected chi connectivity index (χ0v) is 13.4. The minimum atomic E-state index is -4.43. The number of rotatable bonds is 7. The Labute approximate surface area is 139 Å². The number of halogens is 3. The second-order valence-electron chi connectivity index (χ2n) is 4.65. The first-order chi connectivity index (χ1) is 11.4. The van der Waals surface area contributed by atoms with E-state index in [0.717, 1.165) is 17.3 Å². The molecular weight excluding hydrogens is 347 g/mol. The van der Waals surface area contributed by atoms with Gasteiger partial charge in [0.2, 0.25) is 11.1 Å². The normalized spacial score (nSPS) is 11.3. The Morgan fingerprint density at radius 2 is 2.04 bits per heavy atom. The fraction of sp³-hybridized carbons (Fsp3) is 0.385. The van der Waals surface area contributed by atoms with Crippen LogP contribution in [-0.4, -0.2) is 51.7 Å². The maximum atomic E-state index is 12.0. The molecule has 24 heavy (non-hydrogen) atoms. The smallest absolute Gasteiger partial charge is 0.405 e. The van der Waals surface area contributed by atoms with Crippen LogP contribution in [0.3, 0.4) is 0 Å². The van der Waals surface area contributed by atoms with Crippen LogP contribution in [0.1, 0.15) is 5.56 Å². The number of nitrogens with zero attached hydrogens (tertiary/aromatic N) is 4. The lowest BCUT2D eigenvalue weighted by Crippen LogP contribution is -2.34. The van der Waals surface area contributed by atoms with Gasteiger partial charge in [0, 0.05) is 0 Å². The number of hydrogen-bond acceptors (Lipinski definition) is 6. The molecule has 1 amide bonds. The predicted molar refractivity (Wildman–Crippen MR) is 79.7 cm³/mol. The van der Waals surface area contributed by atoms with Crippen molar-refractivity contribution < 1.29 is 22.7 Å². The number of benzene rings is 1. The van der Waals surface area contributed by atoms with E-state index < -0.39 is 18.6 Å². The molecule has 0 aliphatic carbocycles. The van der Waals surface area contributed by atoms with Crippen molar-refractivity contribution in [2.45, 2.75) is 17.9 Å². The molecule has 1 heterocycles. The Balaban J connectivity index is 1.89. The van der Waals surface area contributed by atoms with Crippen LogP contribution in [0.15, 0.2) is 29.4 Å². The van der Waals surface area contributed by atoms with Gasteiger partial charge in [-0.05, 0) is 28.1 Å². The summed E-state index contributed by atoms with van der Waals surface area (Å²) in [7, 11) is 1.56. The molecule has 2 rings (SSSR count). The largest absolute Gasteiger partial charge is 0.497 e. The number of hydrogen-bond donors (Lipinski definition) is 1. The molecule has 7 nitrogen and oxygen atoms in total. The fourth-order valence-corrected chi connectivity index (χ4v) is 2.39. The van der Waals surface area contributed by atoms with Gasteiger partial charge in [0.05, 0.1) is 19.4 Å². The summed E-state index contributed by atoms with van der Waals surface area (Å²) < 4.78 is 42.6. The number of carbonyl (C=O) groups is 1. The van der Waals surface area contributed by atoms with E-state index >= 15 is 0 Å². The molecule has 2 aromatic rings. The number of methoxy groups -OCH3 is 1. The van der Waals surface area contributed by atoms with E-state index in [4.69, 9.17) is 4.74 Å². The quantitative estimate of drug-likeness (QED) is 0.753. The van der Waals surface area contributed by atoms with Gasteiger partial charge in [0.1, 0.15) is 12.3 Å². The van der Waals surface area contributed by atoms with E-state index in [1.165, 1.54) is 4.68 Å². The van der Waals surface area contributed by atoms with Crippen LogP contribution in [0.25, 0.3) is 0 Å². The Hall–Kier alpha value is -2.30. The van der Waals surface area contributed by atoms with Gasteiger partial charge in [0.25, 0.3) is 0 Å². The maximum Gasteiger partial charge on any atom is 0.405 e. The number of tetrazole rings is 1. The van der Waals surface area contributed by atoms with Crippen LogP contribution in [-0.2, 0) is 11.3 Å². The van der Waals surface area contributed by atoms with Crippen molar-refractivity contribution in [3.05, 3.63) is 29.8 Å². The van der Waals surface area contributed by atoms with Crippen molar-refractivity contribution >= 4 is 17.7 Å². The summed E-state index contributed by atoms with van der Waals surface area (Å²) in [6, 6.07) is 7.25. The summed E-state index contributed by atoms with van der Waals surface area (Å²) in [6.45, 7) is -0.993. The third-order valence-corrected chi connectivity index (χ3v) is 3.77. The van der Waals surface area contributed by atoms with Crippen LogP contribution in [0.2, 0.25) is 0 Å². The van der Waals surface area contributed by atoms with Crippen LogP contribution in [0.4, 0.5) is 13.2 Å². The Bertz CT molecular complexity index is 675. The van der Waals surface area contributed by atoms with Crippen molar-refractivity contribution in [1.29, 1.82) is 0 Å². The highest BCUT2D eigenvalue weighted by Crippen LogP contribution is 2.17. The number of aromatic nitrogens is 4. The van der Waals surface area contributed by atoms with Gasteiger partial charge in [-0.2, -0.15) is 13.2 Å². The molecule has 0 spiro atoms. The molecule has 1 aromatic heterocycles. The minimum Gasteiger partial charge on any atom is -0.497 e. The lowest BCUT2D eigenvalue weighted by molar-refractivity contribution is -0.136. The standard InChI is InChI=1S/C13H14F3N5O2S/c1-23-10-4-2-9(3-5-10)6-21-12(18-19-20-21)24-7-11(22)17-8-13(14,15)16/h2-5H,6-8H2,1H3,(H,17,22). The SMILES string of the molecule is COc1ccc(Cn2nnnc2SCC(=O)NCC(F)(F)F)cc1. The molecule has 1 N–H and O–H groups in total. The highest BCUT2D eigenvalue weighted by Gasteiger charge is 2.27. The van der Waals surface area contributed by atoms with Gasteiger partial charge in [0.15, 0.2) is 0 Å². The van der Waals surface area contributed by atoms with Gasteiger partial charge < -0.3 is 10.1 Å². The highest BCUT2D eigenvalue weighted by molar-refractivity contribution is 7.99. The van der Waals surface area contributed by atoms with E-state index in [-0.39, 0.29) is 5.75 Å². The molecule has 0 saturated carbocycles. The summed E-state index contributed by atoms with van der Waals surface area (Å²) in [4.78, 5) is 11.4.